The predicted molar refractivity (Wildman–Crippen MR) is 84.7 cm³/mol. The molecule has 2 nitrogen and oxygen atoms in total. The van der Waals surface area contributed by atoms with Crippen LogP contribution in [0.1, 0.15) is 12.5 Å². The number of hydrogen-bond donors (Lipinski definition) is 1. The van der Waals surface area contributed by atoms with Crippen molar-refractivity contribution < 1.29 is 8.78 Å². The zero-order chi connectivity index (χ0) is 15.0. The average molecular weight is 304 g/mol. The van der Waals surface area contributed by atoms with Crippen molar-refractivity contribution in [3.63, 3.8) is 0 Å². The molecule has 0 unspecified atom stereocenters. The molecule has 2 aromatic rings. The minimum absolute atomic E-state index is 0.179. The van der Waals surface area contributed by atoms with E-state index in [9.17, 15) is 8.78 Å². The van der Waals surface area contributed by atoms with Gasteiger partial charge in [0.25, 0.3) is 0 Å². The number of fused-ring (bicyclic) bond motifs is 1. The first-order valence-corrected chi connectivity index (χ1v) is 7.10. The van der Waals surface area contributed by atoms with Gasteiger partial charge in [0.05, 0.1) is 5.69 Å². The van der Waals surface area contributed by atoms with E-state index in [2.05, 4.69) is 18.3 Å². The van der Waals surface area contributed by atoms with Crippen molar-refractivity contribution in [2.75, 3.05) is 10.2 Å². The third kappa shape index (κ3) is 2.61. The molecule has 0 saturated carbocycles. The Kier molecular flexibility index (Phi) is 3.59. The van der Waals surface area contributed by atoms with E-state index in [-0.39, 0.29) is 11.7 Å². The highest BCUT2D eigenvalue weighted by Gasteiger charge is 2.28. The molecule has 1 N–H and O–H groups in total. The number of thiocarbonyl (C=S) groups is 1. The summed E-state index contributed by atoms with van der Waals surface area (Å²) < 4.78 is 26.6. The first kappa shape index (κ1) is 13.9. The summed E-state index contributed by atoms with van der Waals surface area (Å²) in [4.78, 5) is 1.97. The average Bonchev–Trinajstić information content (AvgIpc) is 2.77. The third-order valence-corrected chi connectivity index (χ3v) is 3.90. The minimum Gasteiger partial charge on any atom is -0.330 e. The molecule has 0 radical (unpaired) electrons. The van der Waals surface area contributed by atoms with Gasteiger partial charge in [0.2, 0.25) is 0 Å². The Labute approximate surface area is 127 Å². The molecular formula is C16H14F2N2S. The zero-order valence-electron chi connectivity index (χ0n) is 11.4. The second-order valence-corrected chi connectivity index (χ2v) is 5.49. The molecule has 108 valence electrons. The van der Waals surface area contributed by atoms with Crippen LogP contribution in [-0.2, 0) is 6.42 Å². The number of benzene rings is 2. The van der Waals surface area contributed by atoms with E-state index < -0.39 is 11.6 Å². The molecule has 0 saturated heterocycles. The second kappa shape index (κ2) is 5.41. The highest BCUT2D eigenvalue weighted by molar-refractivity contribution is 7.80. The van der Waals surface area contributed by atoms with Crippen LogP contribution in [0.4, 0.5) is 20.2 Å². The molecule has 0 aliphatic carbocycles. The quantitative estimate of drug-likeness (QED) is 0.798. The molecule has 1 atom stereocenters. The lowest BCUT2D eigenvalue weighted by molar-refractivity contribution is 0.586. The maximum Gasteiger partial charge on any atom is 0.178 e. The smallest absolute Gasteiger partial charge is 0.178 e. The number of hydrogen-bond acceptors (Lipinski definition) is 1. The zero-order valence-corrected chi connectivity index (χ0v) is 12.3. The molecule has 21 heavy (non-hydrogen) atoms. The van der Waals surface area contributed by atoms with Crippen molar-refractivity contribution >= 4 is 28.7 Å². The van der Waals surface area contributed by atoms with Crippen molar-refractivity contribution in [2.45, 2.75) is 19.4 Å². The molecule has 0 amide bonds. The Morgan fingerprint density at radius 2 is 2.00 bits per heavy atom. The molecular weight excluding hydrogens is 290 g/mol. The van der Waals surface area contributed by atoms with E-state index in [1.54, 1.807) is 0 Å². The Morgan fingerprint density at radius 1 is 1.24 bits per heavy atom. The Morgan fingerprint density at radius 3 is 2.76 bits per heavy atom. The summed E-state index contributed by atoms with van der Waals surface area (Å²) in [5.74, 6) is -1.26. The summed E-state index contributed by atoms with van der Waals surface area (Å²) in [6, 6.07) is 11.6. The van der Waals surface area contributed by atoms with Gasteiger partial charge in [-0.3, -0.25) is 0 Å². The van der Waals surface area contributed by atoms with E-state index in [1.165, 1.54) is 17.7 Å². The van der Waals surface area contributed by atoms with Crippen LogP contribution in [0.15, 0.2) is 42.5 Å². The van der Waals surface area contributed by atoms with Crippen molar-refractivity contribution in [2.24, 2.45) is 0 Å². The van der Waals surface area contributed by atoms with Gasteiger partial charge >= 0.3 is 0 Å². The van der Waals surface area contributed by atoms with Gasteiger partial charge in [0.15, 0.2) is 5.11 Å². The van der Waals surface area contributed by atoms with Crippen LogP contribution in [0.3, 0.4) is 0 Å². The standard InChI is InChI=1S/C16H14F2N2S/c1-10-8-11-4-2-3-5-15(11)20(10)16(21)19-14-7-6-12(17)9-13(14)18/h2-7,9-10H,8H2,1H3,(H,19,21)/t10-/m1/s1. The predicted octanol–water partition coefficient (Wildman–Crippen LogP) is 4.11. The lowest BCUT2D eigenvalue weighted by atomic mass is 10.1. The fourth-order valence-electron chi connectivity index (χ4n) is 2.64. The molecule has 0 bridgehead atoms. The fraction of sp³-hybridized carbons (Fsp3) is 0.188. The van der Waals surface area contributed by atoms with Crippen LogP contribution in [-0.4, -0.2) is 11.2 Å². The monoisotopic (exact) mass is 304 g/mol. The highest BCUT2D eigenvalue weighted by atomic mass is 32.1. The lowest BCUT2D eigenvalue weighted by Gasteiger charge is -2.26. The molecule has 1 heterocycles. The second-order valence-electron chi connectivity index (χ2n) is 5.11. The lowest BCUT2D eigenvalue weighted by Crippen LogP contribution is -2.39. The van der Waals surface area contributed by atoms with Gasteiger partial charge in [-0.2, -0.15) is 0 Å². The number of para-hydroxylation sites is 1. The number of anilines is 2. The van der Waals surface area contributed by atoms with E-state index in [0.29, 0.717) is 5.11 Å². The summed E-state index contributed by atoms with van der Waals surface area (Å²) in [7, 11) is 0. The van der Waals surface area contributed by atoms with Crippen molar-refractivity contribution in [3.05, 3.63) is 59.7 Å². The van der Waals surface area contributed by atoms with Gasteiger partial charge in [-0.15, -0.1) is 0 Å². The van der Waals surface area contributed by atoms with E-state index in [1.807, 2.05) is 23.1 Å². The molecule has 3 rings (SSSR count). The molecule has 0 aromatic heterocycles. The number of nitrogens with one attached hydrogen (secondary N) is 1. The highest BCUT2D eigenvalue weighted by Crippen LogP contribution is 2.32. The van der Waals surface area contributed by atoms with Gasteiger partial charge in [0.1, 0.15) is 11.6 Å². The van der Waals surface area contributed by atoms with Crippen LogP contribution in [0, 0.1) is 11.6 Å². The fourth-order valence-corrected chi connectivity index (χ4v) is 3.03. The normalized spacial score (nSPS) is 16.7. The van der Waals surface area contributed by atoms with Crippen LogP contribution >= 0.6 is 12.2 Å². The SMILES string of the molecule is C[C@@H]1Cc2ccccc2N1C(=S)Nc1ccc(F)cc1F. The van der Waals surface area contributed by atoms with E-state index in [4.69, 9.17) is 12.2 Å². The topological polar surface area (TPSA) is 15.3 Å². The van der Waals surface area contributed by atoms with Gasteiger partial charge < -0.3 is 10.2 Å². The van der Waals surface area contributed by atoms with Crippen LogP contribution in [0.2, 0.25) is 0 Å². The van der Waals surface area contributed by atoms with E-state index >= 15 is 0 Å². The molecule has 2 aromatic carbocycles. The van der Waals surface area contributed by atoms with Gasteiger partial charge in [-0.05, 0) is 49.3 Å². The summed E-state index contributed by atoms with van der Waals surface area (Å²) in [6.07, 6.45) is 0.893. The first-order valence-electron chi connectivity index (χ1n) is 6.69. The summed E-state index contributed by atoms with van der Waals surface area (Å²) in [6.45, 7) is 2.06. The Bertz CT molecular complexity index is 702. The van der Waals surface area contributed by atoms with Crippen LogP contribution in [0.5, 0.6) is 0 Å². The Hall–Kier alpha value is -2.01. The number of halogens is 2. The molecule has 1 aliphatic rings. The number of rotatable bonds is 1. The van der Waals surface area contributed by atoms with Gasteiger partial charge in [-0.1, -0.05) is 18.2 Å². The van der Waals surface area contributed by atoms with Crippen molar-refractivity contribution in [3.8, 4) is 0 Å². The molecule has 0 fully saturated rings. The molecule has 0 spiro atoms. The van der Waals surface area contributed by atoms with Crippen LogP contribution in [0.25, 0.3) is 0 Å². The Balaban J connectivity index is 1.86. The van der Waals surface area contributed by atoms with Crippen molar-refractivity contribution in [1.29, 1.82) is 0 Å². The van der Waals surface area contributed by atoms with Crippen molar-refractivity contribution in [1.82, 2.24) is 0 Å². The molecule has 5 heteroatoms. The third-order valence-electron chi connectivity index (χ3n) is 3.60. The van der Waals surface area contributed by atoms with Crippen LogP contribution < -0.4 is 10.2 Å². The molecule has 1 aliphatic heterocycles. The van der Waals surface area contributed by atoms with Gasteiger partial charge in [-0.25, -0.2) is 8.78 Å². The maximum atomic E-state index is 13.7. The minimum atomic E-state index is -0.655. The summed E-state index contributed by atoms with van der Waals surface area (Å²) in [5.41, 5.74) is 2.43. The first-order chi connectivity index (χ1) is 10.1. The summed E-state index contributed by atoms with van der Waals surface area (Å²) >= 11 is 5.40. The number of nitrogens with zero attached hydrogens (tertiary/aromatic N) is 1. The summed E-state index contributed by atoms with van der Waals surface area (Å²) in [5, 5.41) is 3.28. The largest absolute Gasteiger partial charge is 0.330 e. The van der Waals surface area contributed by atoms with E-state index in [0.717, 1.165) is 18.2 Å². The van der Waals surface area contributed by atoms with Gasteiger partial charge in [0, 0.05) is 17.8 Å². The maximum absolute atomic E-state index is 13.7.